The molecule has 0 atom stereocenters. The van der Waals surface area contributed by atoms with Gasteiger partial charge in [0, 0.05) is 0 Å². The van der Waals surface area contributed by atoms with Crippen LogP contribution in [0.5, 0.6) is 0 Å². The molecule has 1 fully saturated rings. The SMILES string of the molecule is CCOC(=O)C(F)(F)C(=O)C1(c2ccccc2)CCCC1. The summed E-state index contributed by atoms with van der Waals surface area (Å²) in [6.45, 7) is 1.25. The Balaban J connectivity index is 2.39. The average molecular weight is 296 g/mol. The zero-order valence-electron chi connectivity index (χ0n) is 11.9. The number of carbonyl (C=O) groups is 2. The van der Waals surface area contributed by atoms with E-state index in [-0.39, 0.29) is 6.61 Å². The second kappa shape index (κ2) is 5.92. The van der Waals surface area contributed by atoms with E-state index in [1.165, 1.54) is 6.92 Å². The standard InChI is InChI=1S/C16H18F2O3/c1-2-21-14(20)16(17,18)13(19)15(10-6-7-11-15)12-8-4-3-5-9-12/h3-5,8-9H,2,6-7,10-11H2,1H3. The van der Waals surface area contributed by atoms with Gasteiger partial charge in [0.2, 0.25) is 5.78 Å². The number of rotatable bonds is 5. The smallest absolute Gasteiger partial charge is 0.400 e. The lowest BCUT2D eigenvalue weighted by molar-refractivity contribution is -0.179. The van der Waals surface area contributed by atoms with Gasteiger partial charge in [-0.1, -0.05) is 43.2 Å². The summed E-state index contributed by atoms with van der Waals surface area (Å²) in [5, 5.41) is 0. The monoisotopic (exact) mass is 296 g/mol. The number of carbonyl (C=O) groups excluding carboxylic acids is 2. The Morgan fingerprint density at radius 3 is 2.29 bits per heavy atom. The number of esters is 1. The van der Waals surface area contributed by atoms with E-state index in [1.807, 2.05) is 0 Å². The van der Waals surface area contributed by atoms with Gasteiger partial charge in [-0.15, -0.1) is 0 Å². The summed E-state index contributed by atoms with van der Waals surface area (Å²) >= 11 is 0. The summed E-state index contributed by atoms with van der Waals surface area (Å²) in [4.78, 5) is 23.9. The van der Waals surface area contributed by atoms with Crippen molar-refractivity contribution in [2.24, 2.45) is 0 Å². The van der Waals surface area contributed by atoms with E-state index in [4.69, 9.17) is 0 Å². The van der Waals surface area contributed by atoms with Gasteiger partial charge in [0.25, 0.3) is 0 Å². The Morgan fingerprint density at radius 1 is 1.19 bits per heavy atom. The minimum Gasteiger partial charge on any atom is -0.461 e. The van der Waals surface area contributed by atoms with Crippen molar-refractivity contribution in [3.63, 3.8) is 0 Å². The van der Waals surface area contributed by atoms with E-state index in [2.05, 4.69) is 4.74 Å². The summed E-state index contributed by atoms with van der Waals surface area (Å²) in [6, 6.07) is 8.53. The first-order chi connectivity index (χ1) is 9.95. The van der Waals surface area contributed by atoms with Gasteiger partial charge in [0.1, 0.15) is 0 Å². The van der Waals surface area contributed by atoms with E-state index < -0.39 is 23.1 Å². The van der Waals surface area contributed by atoms with Gasteiger partial charge in [0.15, 0.2) is 0 Å². The topological polar surface area (TPSA) is 43.4 Å². The van der Waals surface area contributed by atoms with Crippen LogP contribution in [0, 0.1) is 0 Å². The molecular weight excluding hydrogens is 278 g/mol. The van der Waals surface area contributed by atoms with E-state index in [0.29, 0.717) is 31.2 Å². The van der Waals surface area contributed by atoms with Crippen LogP contribution in [0.2, 0.25) is 0 Å². The number of alkyl halides is 2. The van der Waals surface area contributed by atoms with Crippen molar-refractivity contribution in [2.45, 2.75) is 43.9 Å². The molecule has 1 saturated carbocycles. The molecule has 1 aromatic carbocycles. The lowest BCUT2D eigenvalue weighted by Gasteiger charge is -2.30. The molecule has 0 heterocycles. The van der Waals surface area contributed by atoms with Crippen molar-refractivity contribution in [1.29, 1.82) is 0 Å². The van der Waals surface area contributed by atoms with Crippen LogP contribution in [0.25, 0.3) is 0 Å². The highest BCUT2D eigenvalue weighted by atomic mass is 19.3. The van der Waals surface area contributed by atoms with Crippen molar-refractivity contribution in [2.75, 3.05) is 6.61 Å². The van der Waals surface area contributed by atoms with Crippen LogP contribution in [0.1, 0.15) is 38.2 Å². The Kier molecular flexibility index (Phi) is 4.40. The van der Waals surface area contributed by atoms with E-state index in [9.17, 15) is 18.4 Å². The normalized spacial score (nSPS) is 17.5. The number of ether oxygens (including phenoxy) is 1. The zero-order chi connectivity index (χ0) is 15.5. The van der Waals surface area contributed by atoms with Crippen molar-refractivity contribution in [3.8, 4) is 0 Å². The van der Waals surface area contributed by atoms with Gasteiger partial charge in [-0.25, -0.2) is 4.79 Å². The fraction of sp³-hybridized carbons (Fsp3) is 0.500. The molecule has 1 aliphatic rings. The summed E-state index contributed by atoms with van der Waals surface area (Å²) in [5.41, 5.74) is -0.728. The molecule has 3 nitrogen and oxygen atoms in total. The summed E-state index contributed by atoms with van der Waals surface area (Å²) in [6.07, 6.45) is 2.06. The fourth-order valence-electron chi connectivity index (χ4n) is 3.00. The number of hydrogen-bond donors (Lipinski definition) is 0. The number of hydrogen-bond acceptors (Lipinski definition) is 3. The molecule has 0 aromatic heterocycles. The fourth-order valence-corrected chi connectivity index (χ4v) is 3.00. The molecule has 0 spiro atoms. The van der Waals surface area contributed by atoms with Crippen LogP contribution >= 0.6 is 0 Å². The van der Waals surface area contributed by atoms with Gasteiger partial charge in [-0.2, -0.15) is 8.78 Å². The second-order valence-corrected chi connectivity index (χ2v) is 5.28. The number of Topliss-reactive ketones (excluding diaryl/α,β-unsaturated/α-hetero) is 1. The van der Waals surface area contributed by atoms with Crippen molar-refractivity contribution in [1.82, 2.24) is 0 Å². The highest BCUT2D eigenvalue weighted by Gasteiger charge is 2.58. The summed E-state index contributed by atoms with van der Waals surface area (Å²) in [5.74, 6) is -7.19. The third-order valence-corrected chi connectivity index (χ3v) is 4.04. The number of benzene rings is 1. The van der Waals surface area contributed by atoms with Crippen LogP contribution in [0.3, 0.4) is 0 Å². The van der Waals surface area contributed by atoms with Crippen LogP contribution < -0.4 is 0 Å². The van der Waals surface area contributed by atoms with Crippen LogP contribution in [-0.2, 0) is 19.7 Å². The van der Waals surface area contributed by atoms with Gasteiger partial charge in [0.05, 0.1) is 12.0 Å². The summed E-state index contributed by atoms with van der Waals surface area (Å²) < 4.78 is 32.7. The maximum absolute atomic E-state index is 14.2. The van der Waals surface area contributed by atoms with Crippen molar-refractivity contribution < 1.29 is 23.1 Å². The van der Waals surface area contributed by atoms with Gasteiger partial charge in [-0.05, 0) is 25.3 Å². The molecule has 0 bridgehead atoms. The van der Waals surface area contributed by atoms with E-state index in [0.717, 1.165) is 0 Å². The average Bonchev–Trinajstić information content (AvgIpc) is 2.98. The van der Waals surface area contributed by atoms with E-state index in [1.54, 1.807) is 30.3 Å². The molecule has 1 aromatic rings. The second-order valence-electron chi connectivity index (χ2n) is 5.28. The van der Waals surface area contributed by atoms with Crippen LogP contribution in [0.15, 0.2) is 30.3 Å². The Bertz CT molecular complexity index is 520. The molecule has 5 heteroatoms. The van der Waals surface area contributed by atoms with Crippen molar-refractivity contribution in [3.05, 3.63) is 35.9 Å². The summed E-state index contributed by atoms with van der Waals surface area (Å²) in [7, 11) is 0. The molecule has 21 heavy (non-hydrogen) atoms. The highest BCUT2D eigenvalue weighted by molar-refractivity contribution is 6.10. The molecule has 0 saturated heterocycles. The predicted molar refractivity (Wildman–Crippen MR) is 73.2 cm³/mol. The zero-order valence-corrected chi connectivity index (χ0v) is 11.9. The van der Waals surface area contributed by atoms with Crippen molar-refractivity contribution >= 4 is 11.8 Å². The Morgan fingerprint density at radius 2 is 1.76 bits per heavy atom. The lowest BCUT2D eigenvalue weighted by Crippen LogP contribution is -2.50. The molecule has 2 rings (SSSR count). The molecular formula is C16H18F2O3. The Hall–Kier alpha value is -1.78. The molecule has 114 valence electrons. The third kappa shape index (κ3) is 2.69. The molecule has 0 aliphatic heterocycles. The first-order valence-electron chi connectivity index (χ1n) is 7.10. The molecule has 0 radical (unpaired) electrons. The molecule has 0 N–H and O–H groups in total. The molecule has 0 amide bonds. The van der Waals surface area contributed by atoms with E-state index >= 15 is 0 Å². The maximum Gasteiger partial charge on any atom is 0.400 e. The third-order valence-electron chi connectivity index (χ3n) is 4.04. The quantitative estimate of drug-likeness (QED) is 0.618. The lowest BCUT2D eigenvalue weighted by atomic mass is 9.73. The minimum absolute atomic E-state index is 0.181. The van der Waals surface area contributed by atoms with Gasteiger partial charge < -0.3 is 4.74 Å². The number of ketones is 1. The first kappa shape index (κ1) is 15.6. The largest absolute Gasteiger partial charge is 0.461 e. The minimum atomic E-state index is -4.10. The van der Waals surface area contributed by atoms with Crippen LogP contribution in [0.4, 0.5) is 8.78 Å². The maximum atomic E-state index is 14.2. The molecule has 0 unspecified atom stereocenters. The van der Waals surface area contributed by atoms with Gasteiger partial charge >= 0.3 is 11.9 Å². The van der Waals surface area contributed by atoms with Gasteiger partial charge in [-0.3, -0.25) is 4.79 Å². The predicted octanol–water partition coefficient (Wildman–Crippen LogP) is 3.27. The van der Waals surface area contributed by atoms with Crippen LogP contribution in [-0.4, -0.2) is 24.3 Å². The molecule has 1 aliphatic carbocycles. The highest BCUT2D eigenvalue weighted by Crippen LogP contribution is 2.45. The Labute approximate surface area is 122 Å². The number of halogens is 2. The first-order valence-corrected chi connectivity index (χ1v) is 7.10.